The molecule has 1 N–H and O–H groups in total. The van der Waals surface area contributed by atoms with Crippen LogP contribution in [-0.2, 0) is 0 Å². The number of hydrogen-bond donors (Lipinski definition) is 1. The van der Waals surface area contributed by atoms with Gasteiger partial charge in [-0.1, -0.05) is 0 Å². The predicted molar refractivity (Wildman–Crippen MR) is 32.8 cm³/mol. The number of pyridine rings is 1. The molecule has 1 rings (SSSR count). The zero-order chi connectivity index (χ0) is 5.11. The summed E-state index contributed by atoms with van der Waals surface area (Å²) in [4.78, 5) is 13.0. The van der Waals surface area contributed by atoms with E-state index in [9.17, 15) is 4.79 Å². The zero-order valence-corrected chi connectivity index (χ0v) is 7.84. The van der Waals surface area contributed by atoms with Crippen molar-refractivity contribution in [2.75, 3.05) is 0 Å². The summed E-state index contributed by atoms with van der Waals surface area (Å²) in [5.74, 6) is 0. The van der Waals surface area contributed by atoms with Gasteiger partial charge in [0, 0.05) is 75.9 Å². The smallest absolute Gasteiger partial charge is 0.181 e. The minimum atomic E-state index is 0. The van der Waals surface area contributed by atoms with Gasteiger partial charge < -0.3 is 4.98 Å². The molecule has 0 saturated carbocycles. The van der Waals surface area contributed by atoms with Gasteiger partial charge in [0.25, 0.3) is 0 Å². The Labute approximate surface area is 89.7 Å². The van der Waals surface area contributed by atoms with E-state index in [2.05, 4.69) is 4.98 Å². The van der Waals surface area contributed by atoms with Crippen molar-refractivity contribution in [3.63, 3.8) is 0 Å². The molecule has 0 fully saturated rings. The number of nitrogens with one attached hydrogen (secondary N) is 1. The van der Waals surface area contributed by atoms with Gasteiger partial charge in [0.05, 0.1) is 0 Å². The fourth-order valence-electron chi connectivity index (χ4n) is 0.372. The third-order valence-electron chi connectivity index (χ3n) is 0.688. The number of H-pyrrole nitrogens is 1. The molecule has 0 amide bonds. The van der Waals surface area contributed by atoms with Crippen molar-refractivity contribution in [2.45, 2.75) is 0 Å². The maximum atomic E-state index is 10.2. The number of aromatic amines is 1. The largest absolute Gasteiger partial charge is 0.367 e. The zero-order valence-electron chi connectivity index (χ0n) is 4.72. The van der Waals surface area contributed by atoms with E-state index >= 15 is 0 Å². The van der Waals surface area contributed by atoms with Gasteiger partial charge in [-0.05, 0) is 0 Å². The van der Waals surface area contributed by atoms with Crippen molar-refractivity contribution < 1.29 is 0 Å². The molecule has 1 aromatic heterocycles. The molecule has 1 aromatic rings. The van der Waals surface area contributed by atoms with Crippen LogP contribution in [0, 0.1) is 0 Å². The molecule has 8 heavy (non-hydrogen) atoms. The van der Waals surface area contributed by atoms with Crippen molar-refractivity contribution in [3.05, 3.63) is 34.7 Å². The first-order valence-electron chi connectivity index (χ1n) is 2.03. The normalized spacial score (nSPS) is 7.50. The van der Waals surface area contributed by atoms with Crippen molar-refractivity contribution in [1.29, 1.82) is 0 Å². The summed E-state index contributed by atoms with van der Waals surface area (Å²) in [5, 5.41) is 0. The van der Waals surface area contributed by atoms with Gasteiger partial charge in [-0.25, -0.2) is 0 Å². The molecule has 0 aromatic carbocycles. The molecule has 0 saturated heterocycles. The van der Waals surface area contributed by atoms with Gasteiger partial charge in [-0.15, -0.1) is 0 Å². The maximum Gasteiger partial charge on any atom is 0.181 e. The minimum Gasteiger partial charge on any atom is -0.367 e. The molecule has 0 atom stereocenters. The van der Waals surface area contributed by atoms with Gasteiger partial charge in [-0.2, -0.15) is 0 Å². The Morgan fingerprint density at radius 2 is 1.75 bits per heavy atom. The van der Waals surface area contributed by atoms with Gasteiger partial charge in [0.2, 0.25) is 0 Å². The molecular formula is C5H5KNO. The van der Waals surface area contributed by atoms with E-state index in [4.69, 9.17) is 0 Å². The van der Waals surface area contributed by atoms with Crippen molar-refractivity contribution in [3.8, 4) is 0 Å². The second-order valence-electron chi connectivity index (χ2n) is 1.24. The van der Waals surface area contributed by atoms with Crippen LogP contribution in [0.15, 0.2) is 29.3 Å². The molecule has 0 spiro atoms. The molecule has 37 valence electrons. The maximum absolute atomic E-state index is 10.2. The molecule has 2 nitrogen and oxygen atoms in total. The quantitative estimate of drug-likeness (QED) is 0.497. The standard InChI is InChI=1S/C5H5NO.K/c7-5-1-3-6-4-2-5;/h1-4H,(H,6,7);. The van der Waals surface area contributed by atoms with Gasteiger partial charge in [-0.3, -0.25) is 4.79 Å². The minimum absolute atomic E-state index is 0. The van der Waals surface area contributed by atoms with Crippen LogP contribution < -0.4 is 5.43 Å². The first kappa shape index (κ1) is 8.59. The first-order valence-corrected chi connectivity index (χ1v) is 2.03. The summed E-state index contributed by atoms with van der Waals surface area (Å²) in [6.07, 6.45) is 3.20. The topological polar surface area (TPSA) is 32.9 Å². The van der Waals surface area contributed by atoms with Crippen LogP contribution >= 0.6 is 0 Å². The van der Waals surface area contributed by atoms with E-state index in [0.29, 0.717) is 0 Å². The van der Waals surface area contributed by atoms with E-state index in [1.165, 1.54) is 12.1 Å². The van der Waals surface area contributed by atoms with E-state index in [-0.39, 0.29) is 56.8 Å². The second kappa shape index (κ2) is 4.46. The van der Waals surface area contributed by atoms with Crippen LogP contribution in [0.2, 0.25) is 0 Å². The summed E-state index contributed by atoms with van der Waals surface area (Å²) < 4.78 is 0. The summed E-state index contributed by atoms with van der Waals surface area (Å²) in [6.45, 7) is 0. The average molecular weight is 134 g/mol. The van der Waals surface area contributed by atoms with Crippen LogP contribution in [0.1, 0.15) is 0 Å². The fourth-order valence-corrected chi connectivity index (χ4v) is 0.372. The first-order chi connectivity index (χ1) is 3.39. The molecule has 1 heterocycles. The SMILES string of the molecule is O=c1cc[nH]cc1.[K]. The Bertz CT molecular complexity index is 178. The van der Waals surface area contributed by atoms with Crippen LogP contribution in [0.4, 0.5) is 0 Å². The molecule has 0 bridgehead atoms. The van der Waals surface area contributed by atoms with E-state index in [1.54, 1.807) is 12.4 Å². The molecule has 3 heteroatoms. The molecule has 0 unspecified atom stereocenters. The van der Waals surface area contributed by atoms with Crippen LogP contribution in [0.25, 0.3) is 0 Å². The van der Waals surface area contributed by atoms with Crippen LogP contribution in [0.5, 0.6) is 0 Å². The van der Waals surface area contributed by atoms with Crippen molar-refractivity contribution >= 4 is 51.4 Å². The van der Waals surface area contributed by atoms with Crippen LogP contribution in [-0.4, -0.2) is 56.4 Å². The monoisotopic (exact) mass is 134 g/mol. The van der Waals surface area contributed by atoms with Crippen molar-refractivity contribution in [2.24, 2.45) is 0 Å². The second-order valence-corrected chi connectivity index (χ2v) is 1.24. The van der Waals surface area contributed by atoms with Gasteiger partial charge >= 0.3 is 0 Å². The molecule has 1 radical (unpaired) electrons. The number of aromatic nitrogens is 1. The van der Waals surface area contributed by atoms with Crippen LogP contribution in [0.3, 0.4) is 0 Å². The van der Waals surface area contributed by atoms with Gasteiger partial charge in [0.1, 0.15) is 0 Å². The summed E-state index contributed by atoms with van der Waals surface area (Å²) in [5.41, 5.74) is 0.0405. The van der Waals surface area contributed by atoms with E-state index in [1.807, 2.05) is 0 Å². The Morgan fingerprint density at radius 3 is 2.00 bits per heavy atom. The number of rotatable bonds is 0. The number of hydrogen-bond acceptors (Lipinski definition) is 1. The third kappa shape index (κ3) is 2.79. The van der Waals surface area contributed by atoms with Gasteiger partial charge in [0.15, 0.2) is 5.43 Å². The molecule has 0 aliphatic rings. The average Bonchev–Trinajstić information content (AvgIpc) is 1.69. The molecule has 0 aliphatic carbocycles. The fraction of sp³-hybridized carbons (Fsp3) is 0. The molecular weight excluding hydrogens is 129 g/mol. The Balaban J connectivity index is 0.000000490. The molecule has 0 aliphatic heterocycles. The third-order valence-corrected chi connectivity index (χ3v) is 0.688. The van der Waals surface area contributed by atoms with E-state index < -0.39 is 0 Å². The Kier molecular flexibility index (Phi) is 4.79. The van der Waals surface area contributed by atoms with Crippen molar-refractivity contribution in [1.82, 2.24) is 4.98 Å². The predicted octanol–water partition coefficient (Wildman–Crippen LogP) is -0.00590. The van der Waals surface area contributed by atoms with E-state index in [0.717, 1.165) is 0 Å². The Morgan fingerprint density at radius 1 is 1.25 bits per heavy atom. The summed E-state index contributed by atoms with van der Waals surface area (Å²) in [7, 11) is 0. The Hall–Kier alpha value is 0.586. The summed E-state index contributed by atoms with van der Waals surface area (Å²) in [6, 6.07) is 2.94. The summed E-state index contributed by atoms with van der Waals surface area (Å²) >= 11 is 0.